The van der Waals surface area contributed by atoms with Crippen molar-refractivity contribution in [3.63, 3.8) is 0 Å². The first-order chi connectivity index (χ1) is 9.70. The second kappa shape index (κ2) is 7.29. The number of hydrogen-bond acceptors (Lipinski definition) is 3. The molecule has 0 heterocycles. The lowest BCUT2D eigenvalue weighted by atomic mass is 10.1. The van der Waals surface area contributed by atoms with Crippen molar-refractivity contribution in [3.8, 4) is 5.75 Å². The first-order valence-corrected chi connectivity index (χ1v) is 7.40. The van der Waals surface area contributed by atoms with Crippen molar-refractivity contribution >= 4 is 5.91 Å². The maximum atomic E-state index is 11.8. The molecule has 1 atom stereocenters. The highest BCUT2D eigenvalue weighted by Crippen LogP contribution is 2.26. The fourth-order valence-electron chi connectivity index (χ4n) is 2.59. The average Bonchev–Trinajstić information content (AvgIpc) is 2.97. The van der Waals surface area contributed by atoms with Gasteiger partial charge in [0.15, 0.2) is 6.61 Å². The smallest absolute Gasteiger partial charge is 0.258 e. The van der Waals surface area contributed by atoms with Gasteiger partial charge in [-0.1, -0.05) is 38.0 Å². The average molecular weight is 277 g/mol. The molecule has 1 aromatic rings. The van der Waals surface area contributed by atoms with Crippen LogP contribution in [0.25, 0.3) is 0 Å². The SMILES string of the molecule is CC[C@@H](O)c1ccccc1OCC(=O)NC1CCCC1. The Morgan fingerprint density at radius 2 is 2.10 bits per heavy atom. The molecule has 4 heteroatoms. The van der Waals surface area contributed by atoms with Crippen molar-refractivity contribution in [1.82, 2.24) is 5.32 Å². The summed E-state index contributed by atoms with van der Waals surface area (Å²) in [7, 11) is 0. The Morgan fingerprint density at radius 1 is 1.40 bits per heavy atom. The molecule has 0 aromatic heterocycles. The van der Waals surface area contributed by atoms with Gasteiger partial charge < -0.3 is 15.2 Å². The molecular formula is C16H23NO3. The fraction of sp³-hybridized carbons (Fsp3) is 0.562. The zero-order chi connectivity index (χ0) is 14.4. The van der Waals surface area contributed by atoms with Gasteiger partial charge in [-0.15, -0.1) is 0 Å². The van der Waals surface area contributed by atoms with Gasteiger partial charge in [0, 0.05) is 11.6 Å². The molecular weight excluding hydrogens is 254 g/mol. The van der Waals surface area contributed by atoms with E-state index in [-0.39, 0.29) is 12.5 Å². The van der Waals surface area contributed by atoms with Crippen LogP contribution < -0.4 is 10.1 Å². The molecule has 0 aliphatic heterocycles. The van der Waals surface area contributed by atoms with Gasteiger partial charge >= 0.3 is 0 Å². The van der Waals surface area contributed by atoms with Crippen LogP contribution in [-0.4, -0.2) is 23.7 Å². The number of carbonyl (C=O) groups excluding carboxylic acids is 1. The summed E-state index contributed by atoms with van der Waals surface area (Å²) in [6, 6.07) is 7.63. The second-order valence-electron chi connectivity index (χ2n) is 5.30. The number of benzene rings is 1. The summed E-state index contributed by atoms with van der Waals surface area (Å²) in [6.07, 6.45) is 4.58. The zero-order valence-electron chi connectivity index (χ0n) is 12.0. The lowest BCUT2D eigenvalue weighted by molar-refractivity contribution is -0.123. The Morgan fingerprint density at radius 3 is 2.80 bits per heavy atom. The Balaban J connectivity index is 1.88. The van der Waals surface area contributed by atoms with Crippen molar-refractivity contribution in [2.75, 3.05) is 6.61 Å². The van der Waals surface area contributed by atoms with Crippen LogP contribution in [0.15, 0.2) is 24.3 Å². The van der Waals surface area contributed by atoms with E-state index >= 15 is 0 Å². The van der Waals surface area contributed by atoms with Crippen LogP contribution in [0.5, 0.6) is 5.75 Å². The van der Waals surface area contributed by atoms with Crippen LogP contribution in [0.3, 0.4) is 0 Å². The van der Waals surface area contributed by atoms with Crippen LogP contribution in [0.4, 0.5) is 0 Å². The topological polar surface area (TPSA) is 58.6 Å². The quantitative estimate of drug-likeness (QED) is 0.840. The van der Waals surface area contributed by atoms with Crippen molar-refractivity contribution in [3.05, 3.63) is 29.8 Å². The molecule has 1 aliphatic rings. The summed E-state index contributed by atoms with van der Waals surface area (Å²) in [5, 5.41) is 12.9. The van der Waals surface area contributed by atoms with E-state index in [2.05, 4.69) is 5.32 Å². The van der Waals surface area contributed by atoms with Crippen molar-refractivity contribution in [2.45, 2.75) is 51.2 Å². The minimum absolute atomic E-state index is 0.00392. The molecule has 0 radical (unpaired) electrons. The van der Waals surface area contributed by atoms with Gasteiger partial charge in [0.1, 0.15) is 5.75 Å². The number of para-hydroxylation sites is 1. The van der Waals surface area contributed by atoms with Gasteiger partial charge in [0.2, 0.25) is 0 Å². The summed E-state index contributed by atoms with van der Waals surface area (Å²) in [5.74, 6) is 0.501. The summed E-state index contributed by atoms with van der Waals surface area (Å²) < 4.78 is 5.56. The molecule has 1 aromatic carbocycles. The Bertz CT molecular complexity index is 441. The monoisotopic (exact) mass is 277 g/mol. The number of hydrogen-bond donors (Lipinski definition) is 2. The van der Waals surface area contributed by atoms with Crippen molar-refractivity contribution in [1.29, 1.82) is 0 Å². The van der Waals surface area contributed by atoms with Gasteiger partial charge in [-0.05, 0) is 25.3 Å². The summed E-state index contributed by atoms with van der Waals surface area (Å²) in [5.41, 5.74) is 0.740. The number of amides is 1. The van der Waals surface area contributed by atoms with Crippen LogP contribution >= 0.6 is 0 Å². The van der Waals surface area contributed by atoms with E-state index in [1.165, 1.54) is 12.8 Å². The third-order valence-corrected chi connectivity index (χ3v) is 3.74. The third kappa shape index (κ3) is 3.97. The summed E-state index contributed by atoms with van der Waals surface area (Å²) in [4.78, 5) is 11.8. The number of rotatable bonds is 6. The third-order valence-electron chi connectivity index (χ3n) is 3.74. The molecule has 1 saturated carbocycles. The predicted molar refractivity (Wildman–Crippen MR) is 77.6 cm³/mol. The molecule has 0 bridgehead atoms. The highest BCUT2D eigenvalue weighted by Gasteiger charge is 2.18. The van der Waals surface area contributed by atoms with E-state index in [0.29, 0.717) is 18.2 Å². The molecule has 1 aliphatic carbocycles. The number of ether oxygens (including phenoxy) is 1. The number of aliphatic hydroxyl groups excluding tert-OH is 1. The van der Waals surface area contributed by atoms with Gasteiger partial charge in [-0.2, -0.15) is 0 Å². The lowest BCUT2D eigenvalue weighted by Crippen LogP contribution is -2.36. The fourth-order valence-corrected chi connectivity index (χ4v) is 2.59. The number of nitrogens with one attached hydrogen (secondary N) is 1. The summed E-state index contributed by atoms with van der Waals surface area (Å²) in [6.45, 7) is 1.91. The lowest BCUT2D eigenvalue weighted by Gasteiger charge is -2.16. The highest BCUT2D eigenvalue weighted by molar-refractivity contribution is 5.77. The Kier molecular flexibility index (Phi) is 5.41. The van der Waals surface area contributed by atoms with E-state index in [1.54, 1.807) is 6.07 Å². The zero-order valence-corrected chi connectivity index (χ0v) is 12.0. The molecule has 0 spiro atoms. The first-order valence-electron chi connectivity index (χ1n) is 7.40. The highest BCUT2D eigenvalue weighted by atomic mass is 16.5. The number of carbonyl (C=O) groups is 1. The molecule has 20 heavy (non-hydrogen) atoms. The molecule has 0 saturated heterocycles. The van der Waals surface area contributed by atoms with Crippen LogP contribution in [0.2, 0.25) is 0 Å². The Labute approximate surface area is 120 Å². The minimum Gasteiger partial charge on any atom is -0.483 e. The van der Waals surface area contributed by atoms with E-state index in [9.17, 15) is 9.90 Å². The molecule has 1 fully saturated rings. The molecule has 4 nitrogen and oxygen atoms in total. The molecule has 0 unspecified atom stereocenters. The molecule has 2 rings (SSSR count). The van der Waals surface area contributed by atoms with Crippen LogP contribution in [0, 0.1) is 0 Å². The van der Waals surface area contributed by atoms with Gasteiger partial charge in [0.05, 0.1) is 6.10 Å². The standard InChI is InChI=1S/C16H23NO3/c1-2-14(18)13-9-5-6-10-15(13)20-11-16(19)17-12-7-3-4-8-12/h5-6,9-10,12,14,18H,2-4,7-8,11H2,1H3,(H,17,19)/t14-/m1/s1. The minimum atomic E-state index is -0.552. The maximum absolute atomic E-state index is 11.8. The van der Waals surface area contributed by atoms with Crippen LogP contribution in [-0.2, 0) is 4.79 Å². The summed E-state index contributed by atoms with van der Waals surface area (Å²) >= 11 is 0. The molecule has 2 N–H and O–H groups in total. The van der Waals surface area contributed by atoms with E-state index in [1.807, 2.05) is 25.1 Å². The van der Waals surface area contributed by atoms with E-state index in [0.717, 1.165) is 18.4 Å². The maximum Gasteiger partial charge on any atom is 0.258 e. The largest absolute Gasteiger partial charge is 0.483 e. The van der Waals surface area contributed by atoms with Gasteiger partial charge in [-0.3, -0.25) is 4.79 Å². The van der Waals surface area contributed by atoms with Gasteiger partial charge in [0.25, 0.3) is 5.91 Å². The van der Waals surface area contributed by atoms with E-state index < -0.39 is 6.10 Å². The predicted octanol–water partition coefficient (Wildman–Crippen LogP) is 2.57. The van der Waals surface area contributed by atoms with Crippen molar-refractivity contribution in [2.24, 2.45) is 0 Å². The second-order valence-corrected chi connectivity index (χ2v) is 5.30. The van der Waals surface area contributed by atoms with Gasteiger partial charge in [-0.25, -0.2) is 0 Å². The normalized spacial score (nSPS) is 16.9. The van der Waals surface area contributed by atoms with Crippen molar-refractivity contribution < 1.29 is 14.6 Å². The van der Waals surface area contributed by atoms with E-state index in [4.69, 9.17) is 4.74 Å². The van der Waals surface area contributed by atoms with Crippen LogP contribution in [0.1, 0.15) is 50.7 Å². The molecule has 1 amide bonds. The first kappa shape index (κ1) is 14.9. The molecule has 110 valence electrons. The number of aliphatic hydroxyl groups is 1. The Hall–Kier alpha value is -1.55.